The van der Waals surface area contributed by atoms with Gasteiger partial charge in [0.25, 0.3) is 5.91 Å². The summed E-state index contributed by atoms with van der Waals surface area (Å²) in [5.41, 5.74) is 0.745. The van der Waals surface area contributed by atoms with Crippen LogP contribution in [0.15, 0.2) is 48.8 Å². The Morgan fingerprint density at radius 3 is 2.79 bits per heavy atom. The van der Waals surface area contributed by atoms with Gasteiger partial charge >= 0.3 is 6.61 Å². The predicted molar refractivity (Wildman–Crippen MR) is 65.3 cm³/mol. The summed E-state index contributed by atoms with van der Waals surface area (Å²) in [6.07, 6.45) is 3.06. The molecule has 0 fully saturated rings. The minimum atomic E-state index is -2.92. The lowest BCUT2D eigenvalue weighted by molar-refractivity contribution is -0.0498. The molecule has 0 aliphatic heterocycles. The number of aromatic nitrogens is 1. The molecule has 1 aromatic carbocycles. The van der Waals surface area contributed by atoms with E-state index < -0.39 is 12.5 Å². The molecule has 0 bridgehead atoms. The highest BCUT2D eigenvalue weighted by Crippen LogP contribution is 2.17. The maximum atomic E-state index is 12.1. The Hall–Kier alpha value is -2.50. The fourth-order valence-corrected chi connectivity index (χ4v) is 1.45. The first kappa shape index (κ1) is 12.9. The van der Waals surface area contributed by atoms with Crippen LogP contribution < -0.4 is 10.1 Å². The van der Waals surface area contributed by atoms with Crippen molar-refractivity contribution < 1.29 is 18.3 Å². The van der Waals surface area contributed by atoms with Gasteiger partial charge < -0.3 is 10.1 Å². The molecule has 6 heteroatoms. The van der Waals surface area contributed by atoms with Gasteiger partial charge in [-0.3, -0.25) is 9.78 Å². The molecule has 0 aliphatic rings. The minimum Gasteiger partial charge on any atom is -0.435 e. The highest BCUT2D eigenvalue weighted by molar-refractivity contribution is 6.04. The smallest absolute Gasteiger partial charge is 0.387 e. The highest BCUT2D eigenvalue weighted by Gasteiger charge is 2.09. The summed E-state index contributed by atoms with van der Waals surface area (Å²) in [5.74, 6) is -0.485. The van der Waals surface area contributed by atoms with Crippen molar-refractivity contribution in [2.45, 2.75) is 6.61 Å². The van der Waals surface area contributed by atoms with Gasteiger partial charge in [0.05, 0.1) is 11.9 Å². The standard InChI is InChI=1S/C13H10F2N2O2/c14-13(15)19-11-5-1-3-9(7-11)12(18)17-10-4-2-6-16-8-10/h1-8,13H,(H,17,18). The molecule has 1 heterocycles. The number of alkyl halides is 2. The van der Waals surface area contributed by atoms with E-state index in [0.717, 1.165) is 0 Å². The van der Waals surface area contributed by atoms with E-state index in [1.165, 1.54) is 30.5 Å². The summed E-state index contributed by atoms with van der Waals surface area (Å²) in [5, 5.41) is 2.59. The van der Waals surface area contributed by atoms with Crippen LogP contribution in [0.2, 0.25) is 0 Å². The minimum absolute atomic E-state index is 0.0613. The Bertz CT molecular complexity index is 562. The van der Waals surface area contributed by atoms with Gasteiger partial charge in [0, 0.05) is 11.8 Å². The van der Waals surface area contributed by atoms with E-state index in [1.54, 1.807) is 18.3 Å². The second-order valence-corrected chi connectivity index (χ2v) is 3.60. The first-order valence-corrected chi connectivity index (χ1v) is 5.41. The third-order valence-electron chi connectivity index (χ3n) is 2.24. The number of hydrogen-bond donors (Lipinski definition) is 1. The number of amides is 1. The molecule has 1 N–H and O–H groups in total. The monoisotopic (exact) mass is 264 g/mol. The molecule has 0 saturated carbocycles. The van der Waals surface area contributed by atoms with Crippen LogP contribution in [0.4, 0.5) is 14.5 Å². The van der Waals surface area contributed by atoms with Crippen molar-refractivity contribution in [1.82, 2.24) is 4.98 Å². The number of pyridine rings is 1. The number of ether oxygens (including phenoxy) is 1. The van der Waals surface area contributed by atoms with Gasteiger partial charge in [-0.1, -0.05) is 6.07 Å². The van der Waals surface area contributed by atoms with E-state index >= 15 is 0 Å². The van der Waals surface area contributed by atoms with Gasteiger partial charge in [-0.05, 0) is 30.3 Å². The fraction of sp³-hybridized carbons (Fsp3) is 0.0769. The van der Waals surface area contributed by atoms with Gasteiger partial charge in [0.2, 0.25) is 0 Å². The second kappa shape index (κ2) is 5.90. The number of carbonyl (C=O) groups excluding carboxylic acids is 1. The highest BCUT2D eigenvalue weighted by atomic mass is 19.3. The van der Waals surface area contributed by atoms with Gasteiger partial charge in [-0.15, -0.1) is 0 Å². The van der Waals surface area contributed by atoms with Crippen LogP contribution in [-0.4, -0.2) is 17.5 Å². The van der Waals surface area contributed by atoms with Crippen molar-refractivity contribution in [2.24, 2.45) is 0 Å². The van der Waals surface area contributed by atoms with E-state index in [2.05, 4.69) is 15.0 Å². The van der Waals surface area contributed by atoms with Crippen molar-refractivity contribution in [2.75, 3.05) is 5.32 Å². The molecular formula is C13H10F2N2O2. The maximum Gasteiger partial charge on any atom is 0.387 e. The van der Waals surface area contributed by atoms with Crippen molar-refractivity contribution in [3.05, 3.63) is 54.4 Å². The zero-order valence-electron chi connectivity index (χ0n) is 9.72. The van der Waals surface area contributed by atoms with Crippen LogP contribution in [0.25, 0.3) is 0 Å². The Balaban J connectivity index is 2.11. The average molecular weight is 264 g/mol. The zero-order valence-corrected chi connectivity index (χ0v) is 9.72. The van der Waals surface area contributed by atoms with Crippen LogP contribution in [0.3, 0.4) is 0 Å². The summed E-state index contributed by atoms with van der Waals surface area (Å²) >= 11 is 0. The first-order valence-electron chi connectivity index (χ1n) is 5.41. The molecule has 0 spiro atoms. The third kappa shape index (κ3) is 3.74. The summed E-state index contributed by atoms with van der Waals surface area (Å²) in [6, 6.07) is 8.92. The number of carbonyl (C=O) groups is 1. The van der Waals surface area contributed by atoms with Gasteiger partial charge in [-0.2, -0.15) is 8.78 Å². The Kier molecular flexibility index (Phi) is 4.02. The number of hydrogen-bond acceptors (Lipinski definition) is 3. The SMILES string of the molecule is O=C(Nc1cccnc1)c1cccc(OC(F)F)c1. The van der Waals surface area contributed by atoms with Crippen molar-refractivity contribution in [3.8, 4) is 5.75 Å². The Morgan fingerprint density at radius 2 is 2.11 bits per heavy atom. The van der Waals surface area contributed by atoms with E-state index in [-0.39, 0.29) is 11.3 Å². The van der Waals surface area contributed by atoms with Gasteiger partial charge in [0.1, 0.15) is 5.75 Å². The molecule has 0 radical (unpaired) electrons. The van der Waals surface area contributed by atoms with Crippen LogP contribution >= 0.6 is 0 Å². The first-order chi connectivity index (χ1) is 9.15. The van der Waals surface area contributed by atoms with Crippen molar-refractivity contribution in [3.63, 3.8) is 0 Å². The van der Waals surface area contributed by atoms with Crippen molar-refractivity contribution in [1.29, 1.82) is 0 Å². The maximum absolute atomic E-state index is 12.1. The third-order valence-corrected chi connectivity index (χ3v) is 2.24. The van der Waals surface area contributed by atoms with Crippen LogP contribution in [-0.2, 0) is 0 Å². The molecule has 0 aliphatic carbocycles. The zero-order chi connectivity index (χ0) is 13.7. The van der Waals surface area contributed by atoms with Gasteiger partial charge in [-0.25, -0.2) is 0 Å². The number of rotatable bonds is 4. The Labute approximate surface area is 108 Å². The topological polar surface area (TPSA) is 51.2 Å². The number of nitrogens with zero attached hydrogens (tertiary/aromatic N) is 1. The van der Waals surface area contributed by atoms with Crippen LogP contribution in [0, 0.1) is 0 Å². The van der Waals surface area contributed by atoms with E-state index in [9.17, 15) is 13.6 Å². The lowest BCUT2D eigenvalue weighted by atomic mass is 10.2. The number of nitrogens with one attached hydrogen (secondary N) is 1. The number of anilines is 1. The van der Waals surface area contributed by atoms with E-state index in [0.29, 0.717) is 5.69 Å². The summed E-state index contributed by atoms with van der Waals surface area (Å²) in [7, 11) is 0. The molecule has 1 aromatic heterocycles. The lowest BCUT2D eigenvalue weighted by Crippen LogP contribution is -2.12. The number of halogens is 2. The normalized spacial score (nSPS) is 10.3. The summed E-state index contributed by atoms with van der Waals surface area (Å²) in [6.45, 7) is -2.92. The Morgan fingerprint density at radius 1 is 1.26 bits per heavy atom. The average Bonchev–Trinajstić information content (AvgIpc) is 2.39. The molecule has 0 saturated heterocycles. The molecule has 0 unspecified atom stereocenters. The van der Waals surface area contributed by atoms with E-state index in [1.807, 2.05) is 0 Å². The quantitative estimate of drug-likeness (QED) is 0.923. The molecule has 19 heavy (non-hydrogen) atoms. The second-order valence-electron chi connectivity index (χ2n) is 3.60. The largest absolute Gasteiger partial charge is 0.435 e. The summed E-state index contributed by atoms with van der Waals surface area (Å²) < 4.78 is 28.4. The molecule has 4 nitrogen and oxygen atoms in total. The number of benzene rings is 1. The molecule has 1 amide bonds. The van der Waals surface area contributed by atoms with Gasteiger partial charge in [0.15, 0.2) is 0 Å². The van der Waals surface area contributed by atoms with Crippen LogP contribution in [0.5, 0.6) is 5.75 Å². The molecular weight excluding hydrogens is 254 g/mol. The van der Waals surface area contributed by atoms with Crippen LogP contribution in [0.1, 0.15) is 10.4 Å². The molecule has 2 rings (SSSR count). The molecule has 0 atom stereocenters. The predicted octanol–water partition coefficient (Wildman–Crippen LogP) is 2.94. The molecule has 98 valence electrons. The van der Waals surface area contributed by atoms with Crippen molar-refractivity contribution >= 4 is 11.6 Å². The lowest BCUT2D eigenvalue weighted by Gasteiger charge is -2.07. The fourth-order valence-electron chi connectivity index (χ4n) is 1.45. The summed E-state index contributed by atoms with van der Waals surface area (Å²) in [4.78, 5) is 15.7. The molecule has 2 aromatic rings. The van der Waals surface area contributed by atoms with E-state index in [4.69, 9.17) is 0 Å².